The molecule has 370 valence electrons. The molecule has 4 aliphatic heterocycles. The second-order valence-corrected chi connectivity index (χ2v) is 20.5. The number of aryl methyl sites for hydroxylation is 2. The molecular formula is C50H49F5N10O6. The maximum absolute atomic E-state index is 16.7. The van der Waals surface area contributed by atoms with Crippen molar-refractivity contribution in [2.75, 3.05) is 36.1 Å². The summed E-state index contributed by atoms with van der Waals surface area (Å²) in [4.78, 5) is 50.5. The Labute approximate surface area is 401 Å². The quantitative estimate of drug-likeness (QED) is 0.154. The summed E-state index contributed by atoms with van der Waals surface area (Å²) in [6, 6.07) is 10.5. The molecule has 5 atom stereocenters. The van der Waals surface area contributed by atoms with E-state index in [1.165, 1.54) is 15.9 Å². The van der Waals surface area contributed by atoms with E-state index in [-0.39, 0.29) is 77.6 Å². The molecule has 3 amide bonds. The lowest BCUT2D eigenvalue weighted by Crippen LogP contribution is -2.42. The van der Waals surface area contributed by atoms with Crippen LogP contribution in [0.4, 0.5) is 38.3 Å². The van der Waals surface area contributed by atoms with E-state index in [9.17, 15) is 18.0 Å². The summed E-state index contributed by atoms with van der Waals surface area (Å²) in [6.45, 7) is 10.6. The number of H-pyrrole nitrogens is 1. The summed E-state index contributed by atoms with van der Waals surface area (Å²) >= 11 is 0. The number of alkyl halides is 3. The number of hydrogen-bond acceptors (Lipinski definition) is 9. The summed E-state index contributed by atoms with van der Waals surface area (Å²) < 4.78 is 93.7. The van der Waals surface area contributed by atoms with Crippen LogP contribution in [-0.4, -0.2) is 95.2 Å². The van der Waals surface area contributed by atoms with Crippen molar-refractivity contribution >= 4 is 45.2 Å². The standard InChI is InChI=1S/C50H49F5N10O6/c1-24-13-31(14-25(2)40(24)51)65-43(61-21-32-22-69-38-17-36-33(20-56-62(36)23-50(53,54)55)41(52)42(38)63(32)47(61)68)39-27(4)60(11-9-34(39)58-65)44(66)37-16-30-15-28(29-10-12-70-48(5,6)19-29)7-8-35(30)64(37)49(18-26(49)3)45-57-46(67)71-59-45/h7-8,13-17,20,26-27,29,32H,9-12,18-19,21-23H2,1-6H3,(H,57,59,67)/t26-,27-,29-,32+,49-/m0/s1. The predicted octanol–water partition coefficient (Wildman–Crippen LogP) is 8.73. The first-order chi connectivity index (χ1) is 33.7. The van der Waals surface area contributed by atoms with Gasteiger partial charge in [0.05, 0.1) is 52.7 Å². The van der Waals surface area contributed by atoms with Gasteiger partial charge in [-0.3, -0.25) is 28.8 Å². The number of hydrogen-bond donors (Lipinski definition) is 1. The van der Waals surface area contributed by atoms with Crippen molar-refractivity contribution in [3.63, 3.8) is 0 Å². The van der Waals surface area contributed by atoms with Crippen molar-refractivity contribution in [1.29, 1.82) is 0 Å². The lowest BCUT2D eigenvalue weighted by molar-refractivity contribution is -0.141. The summed E-state index contributed by atoms with van der Waals surface area (Å²) in [5.41, 5.74) is 2.91. The average Bonchev–Trinajstić information content (AvgIpc) is 3.93. The van der Waals surface area contributed by atoms with Crippen molar-refractivity contribution in [3.05, 3.63) is 110 Å². The molecule has 71 heavy (non-hydrogen) atoms. The van der Waals surface area contributed by atoms with E-state index >= 15 is 18.4 Å². The highest BCUT2D eigenvalue weighted by molar-refractivity contribution is 6.10. The number of benzene rings is 3. The SMILES string of the molecule is Cc1cc(-n2nc3c(c2N2C[C@@H]4COc5cc6c(cnn6CC(F)(F)F)c(F)c5N4C2=O)[C@H](C)N(C(=O)c2cc4cc([C@H]5CCOC(C)(C)C5)ccc4n2[C@@]2(c4noc(=O)[nH]4)C[C@@H]2C)CC3)cc(C)c1F. The minimum atomic E-state index is -4.63. The Bertz CT molecular complexity index is 3440. The summed E-state index contributed by atoms with van der Waals surface area (Å²) in [6.07, 6.45) is -1.14. The third-order valence-corrected chi connectivity index (χ3v) is 15.4. The van der Waals surface area contributed by atoms with E-state index < -0.39 is 53.8 Å². The first-order valence-corrected chi connectivity index (χ1v) is 23.8. The van der Waals surface area contributed by atoms with Gasteiger partial charge < -0.3 is 18.9 Å². The van der Waals surface area contributed by atoms with Crippen LogP contribution in [-0.2, 0) is 23.2 Å². The third-order valence-electron chi connectivity index (χ3n) is 15.4. The fraction of sp³-hybridized carbons (Fsp3) is 0.440. The van der Waals surface area contributed by atoms with Crippen LogP contribution >= 0.6 is 0 Å². The Kier molecular flexibility index (Phi) is 9.84. The van der Waals surface area contributed by atoms with Crippen LogP contribution in [0, 0.1) is 31.4 Å². The van der Waals surface area contributed by atoms with Crippen LogP contribution in [0.3, 0.4) is 0 Å². The van der Waals surface area contributed by atoms with Crippen LogP contribution in [0.5, 0.6) is 5.75 Å². The Morgan fingerprint density at radius 3 is 2.44 bits per heavy atom. The smallest absolute Gasteiger partial charge is 0.438 e. The highest BCUT2D eigenvalue weighted by Gasteiger charge is 2.59. The van der Waals surface area contributed by atoms with Gasteiger partial charge >= 0.3 is 18.0 Å². The highest BCUT2D eigenvalue weighted by Crippen LogP contribution is 2.56. The molecule has 1 aliphatic carbocycles. The van der Waals surface area contributed by atoms with Crippen molar-refractivity contribution in [2.45, 2.75) is 109 Å². The van der Waals surface area contributed by atoms with Crippen LogP contribution in [0.2, 0.25) is 0 Å². The largest absolute Gasteiger partial charge is 0.489 e. The Balaban J connectivity index is 0.972. The zero-order valence-electron chi connectivity index (χ0n) is 39.7. The molecule has 7 aromatic rings. The number of anilines is 2. The van der Waals surface area contributed by atoms with E-state index in [1.54, 1.807) is 35.6 Å². The molecule has 0 radical (unpaired) electrons. The number of fused-ring (bicyclic) bond motifs is 6. The van der Waals surface area contributed by atoms with Crippen molar-refractivity contribution in [1.82, 2.24) is 39.2 Å². The Morgan fingerprint density at radius 2 is 1.75 bits per heavy atom. The van der Waals surface area contributed by atoms with Gasteiger partial charge in [-0.15, -0.1) is 0 Å². The minimum absolute atomic E-state index is 0.0295. The van der Waals surface area contributed by atoms with Gasteiger partial charge in [0.15, 0.2) is 11.6 Å². The minimum Gasteiger partial charge on any atom is -0.489 e. The first-order valence-electron chi connectivity index (χ1n) is 23.8. The third kappa shape index (κ3) is 6.92. The molecule has 2 saturated heterocycles. The topological polar surface area (TPSA) is 162 Å². The molecule has 5 aliphatic rings. The van der Waals surface area contributed by atoms with Crippen LogP contribution < -0.4 is 20.3 Å². The number of nitrogens with one attached hydrogen (secondary N) is 1. The van der Waals surface area contributed by atoms with E-state index in [2.05, 4.69) is 41.2 Å². The predicted molar refractivity (Wildman–Crippen MR) is 248 cm³/mol. The van der Waals surface area contributed by atoms with Gasteiger partial charge in [0.25, 0.3) is 5.91 Å². The maximum atomic E-state index is 16.7. The van der Waals surface area contributed by atoms with Crippen molar-refractivity contribution < 1.29 is 45.5 Å². The van der Waals surface area contributed by atoms with Gasteiger partial charge in [-0.2, -0.15) is 23.4 Å². The second-order valence-electron chi connectivity index (χ2n) is 20.5. The number of halogens is 5. The molecule has 3 aromatic carbocycles. The zero-order valence-corrected chi connectivity index (χ0v) is 39.7. The van der Waals surface area contributed by atoms with Gasteiger partial charge in [0, 0.05) is 42.1 Å². The summed E-state index contributed by atoms with van der Waals surface area (Å²) in [7, 11) is 0. The first kappa shape index (κ1) is 45.1. The van der Waals surface area contributed by atoms with Gasteiger partial charge in [-0.05, 0) is 113 Å². The van der Waals surface area contributed by atoms with Gasteiger partial charge in [-0.1, -0.05) is 18.1 Å². The monoisotopic (exact) mass is 980 g/mol. The van der Waals surface area contributed by atoms with Crippen molar-refractivity contribution in [3.8, 4) is 11.4 Å². The molecule has 0 unspecified atom stereocenters. The molecule has 0 spiro atoms. The number of nitrogens with zero attached hydrogens (tertiary/aromatic N) is 9. The number of urea groups is 1. The number of carbonyl (C=O) groups is 2. The average molecular weight is 981 g/mol. The number of rotatable bonds is 7. The number of aromatic amines is 1. The molecule has 4 aromatic heterocycles. The van der Waals surface area contributed by atoms with E-state index in [1.807, 2.05) is 30.5 Å². The number of amides is 3. The van der Waals surface area contributed by atoms with E-state index in [0.29, 0.717) is 57.3 Å². The Morgan fingerprint density at radius 1 is 0.986 bits per heavy atom. The number of aromatic nitrogens is 7. The molecule has 1 saturated carbocycles. The second kappa shape index (κ2) is 15.5. The van der Waals surface area contributed by atoms with Crippen LogP contribution in [0.25, 0.3) is 27.5 Å². The van der Waals surface area contributed by atoms with Crippen LogP contribution in [0.15, 0.2) is 58.0 Å². The van der Waals surface area contributed by atoms with E-state index in [4.69, 9.17) is 19.1 Å². The highest BCUT2D eigenvalue weighted by atomic mass is 19.4. The Hall–Kier alpha value is -7.03. The fourth-order valence-corrected chi connectivity index (χ4v) is 11.9. The van der Waals surface area contributed by atoms with Crippen LogP contribution in [0.1, 0.15) is 103 Å². The molecular weight excluding hydrogens is 932 g/mol. The number of ether oxygens (including phenoxy) is 2. The normalized spacial score (nSPS) is 23.9. The molecule has 1 N–H and O–H groups in total. The van der Waals surface area contributed by atoms with E-state index in [0.717, 1.165) is 35.5 Å². The van der Waals surface area contributed by atoms with Crippen molar-refractivity contribution in [2.24, 2.45) is 5.92 Å². The van der Waals surface area contributed by atoms with Gasteiger partial charge in [-0.25, -0.2) is 23.1 Å². The van der Waals surface area contributed by atoms with Gasteiger partial charge in [0.2, 0.25) is 0 Å². The zero-order chi connectivity index (χ0) is 49.8. The molecule has 3 fully saturated rings. The molecule has 8 heterocycles. The summed E-state index contributed by atoms with van der Waals surface area (Å²) in [5.74, 6) is -1.76. The van der Waals surface area contributed by atoms with Gasteiger partial charge in [0.1, 0.15) is 47.5 Å². The molecule has 0 bridgehead atoms. The molecule has 12 rings (SSSR count). The summed E-state index contributed by atoms with van der Waals surface area (Å²) in [5, 5.41) is 13.7. The lowest BCUT2D eigenvalue weighted by atomic mass is 9.83. The lowest BCUT2D eigenvalue weighted by Gasteiger charge is -2.35. The molecule has 16 nitrogen and oxygen atoms in total. The number of carbonyl (C=O) groups excluding carboxylic acids is 2. The molecule has 21 heteroatoms. The fourth-order valence-electron chi connectivity index (χ4n) is 11.9. The maximum Gasteiger partial charge on any atom is 0.438 e.